The van der Waals surface area contributed by atoms with Crippen molar-refractivity contribution in [3.8, 4) is 5.75 Å². The molecule has 0 amide bonds. The number of aromatic nitrogens is 1. The third kappa shape index (κ3) is 4.27. The van der Waals surface area contributed by atoms with Crippen LogP contribution < -0.4 is 4.74 Å². The second-order valence-electron chi connectivity index (χ2n) is 5.31. The van der Waals surface area contributed by atoms with Gasteiger partial charge in [-0.3, -0.25) is 4.98 Å². The van der Waals surface area contributed by atoms with E-state index in [0.29, 0.717) is 4.83 Å². The Labute approximate surface area is 119 Å². The Hall–Kier alpha value is -0.570. The number of halogens is 1. The minimum Gasteiger partial charge on any atom is -0.496 e. The van der Waals surface area contributed by atoms with Crippen molar-refractivity contribution in [3.05, 3.63) is 23.0 Å². The highest BCUT2D eigenvalue weighted by molar-refractivity contribution is 9.09. The second kappa shape index (κ2) is 7.13. The Morgan fingerprint density at radius 1 is 1.33 bits per heavy atom. The van der Waals surface area contributed by atoms with E-state index in [9.17, 15) is 0 Å². The first-order valence-electron chi connectivity index (χ1n) is 6.58. The Bertz CT molecular complexity index is 390. The number of pyridine rings is 1. The molecular formula is C15H24BrNO. The number of ether oxygens (including phenoxy) is 1. The summed E-state index contributed by atoms with van der Waals surface area (Å²) in [4.78, 5) is 5.11. The lowest BCUT2D eigenvalue weighted by Crippen LogP contribution is -2.07. The summed E-state index contributed by atoms with van der Waals surface area (Å²) in [5.74, 6) is 1.71. The van der Waals surface area contributed by atoms with Gasteiger partial charge < -0.3 is 4.74 Å². The summed E-state index contributed by atoms with van der Waals surface area (Å²) in [6, 6.07) is 0. The fraction of sp³-hybridized carbons (Fsp3) is 0.667. The third-order valence-electron chi connectivity index (χ3n) is 3.17. The smallest absolute Gasteiger partial charge is 0.128 e. The fourth-order valence-electron chi connectivity index (χ4n) is 2.25. The average Bonchev–Trinajstić information content (AvgIpc) is 2.27. The van der Waals surface area contributed by atoms with Gasteiger partial charge >= 0.3 is 0 Å². The molecule has 0 saturated heterocycles. The van der Waals surface area contributed by atoms with Crippen LogP contribution in [0.2, 0.25) is 0 Å². The van der Waals surface area contributed by atoms with Gasteiger partial charge in [-0.2, -0.15) is 0 Å². The lowest BCUT2D eigenvalue weighted by atomic mass is 10.0. The van der Waals surface area contributed by atoms with Crippen molar-refractivity contribution in [2.45, 2.75) is 51.8 Å². The zero-order chi connectivity index (χ0) is 13.7. The molecule has 102 valence electrons. The van der Waals surface area contributed by atoms with Crippen molar-refractivity contribution in [2.75, 3.05) is 7.11 Å². The molecule has 0 bridgehead atoms. The molecule has 3 heteroatoms. The summed E-state index contributed by atoms with van der Waals surface area (Å²) in [6.07, 6.45) is 5.25. The topological polar surface area (TPSA) is 22.1 Å². The van der Waals surface area contributed by atoms with Gasteiger partial charge in [0.2, 0.25) is 0 Å². The minimum atomic E-state index is 0.575. The molecule has 1 aromatic rings. The average molecular weight is 314 g/mol. The summed E-state index contributed by atoms with van der Waals surface area (Å²) in [5.41, 5.74) is 3.45. The van der Waals surface area contributed by atoms with Gasteiger partial charge in [-0.15, -0.1) is 0 Å². The maximum absolute atomic E-state index is 5.44. The van der Waals surface area contributed by atoms with E-state index in [2.05, 4.69) is 41.7 Å². The Kier molecular flexibility index (Phi) is 6.13. The fourth-order valence-corrected chi connectivity index (χ4v) is 3.22. The van der Waals surface area contributed by atoms with Crippen molar-refractivity contribution >= 4 is 15.9 Å². The number of hydrogen-bond donors (Lipinski definition) is 0. The highest BCUT2D eigenvalue weighted by Gasteiger charge is 2.12. The molecule has 0 aliphatic carbocycles. The maximum atomic E-state index is 5.44. The van der Waals surface area contributed by atoms with Crippen LogP contribution in [-0.2, 0) is 6.42 Å². The lowest BCUT2D eigenvalue weighted by Gasteiger charge is -2.15. The van der Waals surface area contributed by atoms with Gasteiger partial charge in [0.05, 0.1) is 7.11 Å². The monoisotopic (exact) mass is 313 g/mol. The van der Waals surface area contributed by atoms with Crippen LogP contribution in [0, 0.1) is 19.8 Å². The van der Waals surface area contributed by atoms with Gasteiger partial charge in [0.25, 0.3) is 0 Å². The summed E-state index contributed by atoms with van der Waals surface area (Å²) < 4.78 is 5.44. The lowest BCUT2D eigenvalue weighted by molar-refractivity contribution is 0.406. The summed E-state index contributed by atoms with van der Waals surface area (Å²) in [7, 11) is 1.73. The molecule has 2 nitrogen and oxygen atoms in total. The molecule has 1 rings (SSSR count). The molecule has 0 aliphatic rings. The van der Waals surface area contributed by atoms with Gasteiger partial charge in [0.15, 0.2) is 0 Å². The third-order valence-corrected chi connectivity index (χ3v) is 4.00. The number of aryl methyl sites for hydroxylation is 2. The van der Waals surface area contributed by atoms with Crippen molar-refractivity contribution in [2.24, 2.45) is 5.92 Å². The van der Waals surface area contributed by atoms with Crippen LogP contribution in [0.3, 0.4) is 0 Å². The van der Waals surface area contributed by atoms with Crippen LogP contribution >= 0.6 is 15.9 Å². The van der Waals surface area contributed by atoms with Crippen LogP contribution in [0.15, 0.2) is 6.20 Å². The standard InChI is InChI=1S/C15H24BrNO/c1-10(2)8-13(16)6-7-14-12(4)15(18-5)11(3)9-17-14/h9-10,13H,6-8H2,1-5H3. The first kappa shape index (κ1) is 15.5. The summed E-state index contributed by atoms with van der Waals surface area (Å²) >= 11 is 3.75. The van der Waals surface area contributed by atoms with Crippen molar-refractivity contribution in [1.82, 2.24) is 4.98 Å². The molecule has 1 unspecified atom stereocenters. The molecule has 1 aromatic heterocycles. The maximum Gasteiger partial charge on any atom is 0.128 e. The zero-order valence-corrected chi connectivity index (χ0v) is 13.7. The molecule has 0 radical (unpaired) electrons. The largest absolute Gasteiger partial charge is 0.496 e. The molecule has 18 heavy (non-hydrogen) atoms. The van der Waals surface area contributed by atoms with Crippen LogP contribution in [-0.4, -0.2) is 16.9 Å². The van der Waals surface area contributed by atoms with Gasteiger partial charge in [-0.1, -0.05) is 29.8 Å². The van der Waals surface area contributed by atoms with Crippen molar-refractivity contribution in [1.29, 1.82) is 0 Å². The van der Waals surface area contributed by atoms with Crippen LogP contribution in [0.1, 0.15) is 43.5 Å². The molecule has 0 aromatic carbocycles. The van der Waals surface area contributed by atoms with Crippen LogP contribution in [0.5, 0.6) is 5.75 Å². The number of alkyl halides is 1. The van der Waals surface area contributed by atoms with Gasteiger partial charge in [0.1, 0.15) is 5.75 Å². The molecular weight excluding hydrogens is 290 g/mol. The SMILES string of the molecule is COc1c(C)cnc(CCC(Br)CC(C)C)c1C. The highest BCUT2D eigenvalue weighted by Crippen LogP contribution is 2.26. The molecule has 0 aliphatic heterocycles. The number of methoxy groups -OCH3 is 1. The van der Waals surface area contributed by atoms with Gasteiger partial charge in [-0.25, -0.2) is 0 Å². The van der Waals surface area contributed by atoms with E-state index >= 15 is 0 Å². The number of hydrogen-bond acceptors (Lipinski definition) is 2. The summed E-state index contributed by atoms with van der Waals surface area (Å²) in [6.45, 7) is 8.65. The second-order valence-corrected chi connectivity index (χ2v) is 6.61. The van der Waals surface area contributed by atoms with Crippen molar-refractivity contribution < 1.29 is 4.74 Å². The van der Waals surface area contributed by atoms with E-state index in [4.69, 9.17) is 4.74 Å². The zero-order valence-electron chi connectivity index (χ0n) is 12.1. The first-order chi connectivity index (χ1) is 8.45. The van der Waals surface area contributed by atoms with Crippen molar-refractivity contribution in [3.63, 3.8) is 0 Å². The van der Waals surface area contributed by atoms with E-state index in [1.54, 1.807) is 7.11 Å². The Morgan fingerprint density at radius 2 is 2.00 bits per heavy atom. The van der Waals surface area contributed by atoms with Gasteiger partial charge in [0, 0.05) is 27.8 Å². The molecule has 0 spiro atoms. The van der Waals surface area contributed by atoms with E-state index in [-0.39, 0.29) is 0 Å². The van der Waals surface area contributed by atoms with E-state index < -0.39 is 0 Å². The highest BCUT2D eigenvalue weighted by atomic mass is 79.9. The predicted molar refractivity (Wildman–Crippen MR) is 80.8 cm³/mol. The molecule has 1 heterocycles. The van der Waals surface area contributed by atoms with E-state index in [1.165, 1.54) is 12.0 Å². The Morgan fingerprint density at radius 3 is 2.56 bits per heavy atom. The predicted octanol–water partition coefficient (Wildman–Crippen LogP) is 4.45. The molecule has 1 atom stereocenters. The Balaban J connectivity index is 2.68. The van der Waals surface area contributed by atoms with Crippen LogP contribution in [0.25, 0.3) is 0 Å². The number of nitrogens with zero attached hydrogens (tertiary/aromatic N) is 1. The van der Waals surface area contributed by atoms with E-state index in [0.717, 1.165) is 35.8 Å². The normalized spacial score (nSPS) is 12.8. The van der Waals surface area contributed by atoms with Crippen LogP contribution in [0.4, 0.5) is 0 Å². The summed E-state index contributed by atoms with van der Waals surface area (Å²) in [5, 5.41) is 0. The van der Waals surface area contributed by atoms with Gasteiger partial charge in [-0.05, 0) is 39.0 Å². The quantitative estimate of drug-likeness (QED) is 0.724. The molecule has 0 saturated carbocycles. The minimum absolute atomic E-state index is 0.575. The number of rotatable bonds is 6. The molecule has 0 fully saturated rings. The van der Waals surface area contributed by atoms with E-state index in [1.807, 2.05) is 13.1 Å². The first-order valence-corrected chi connectivity index (χ1v) is 7.50. The molecule has 0 N–H and O–H groups in total.